The molecule has 1 heterocycles. The zero-order valence-corrected chi connectivity index (χ0v) is 11.1. The molecular formula is C13H13BrN2O. The first kappa shape index (κ1) is 12.0. The molecule has 0 spiro atoms. The lowest BCUT2D eigenvalue weighted by atomic mass is 10.1. The van der Waals surface area contributed by atoms with Crippen molar-refractivity contribution in [1.29, 1.82) is 0 Å². The van der Waals surface area contributed by atoms with Gasteiger partial charge < -0.3 is 0 Å². The second-order valence-corrected chi connectivity index (χ2v) is 4.73. The fourth-order valence-corrected chi connectivity index (χ4v) is 1.86. The van der Waals surface area contributed by atoms with Crippen LogP contribution in [0.5, 0.6) is 0 Å². The summed E-state index contributed by atoms with van der Waals surface area (Å²) < 4.78 is 2.80. The lowest BCUT2D eigenvalue weighted by Crippen LogP contribution is -2.02. The highest BCUT2D eigenvalue weighted by Crippen LogP contribution is 2.12. The van der Waals surface area contributed by atoms with E-state index in [4.69, 9.17) is 0 Å². The number of hydrogen-bond acceptors (Lipinski definition) is 2. The molecule has 0 saturated heterocycles. The van der Waals surface area contributed by atoms with E-state index in [0.29, 0.717) is 6.42 Å². The molecular weight excluding hydrogens is 280 g/mol. The minimum Gasteiger partial charge on any atom is -0.294 e. The average Bonchev–Trinajstić information content (AvgIpc) is 2.77. The molecule has 0 saturated carbocycles. The summed E-state index contributed by atoms with van der Waals surface area (Å²) in [5.74, 6) is 0.119. The van der Waals surface area contributed by atoms with E-state index in [1.165, 1.54) is 0 Å². The molecule has 2 aromatic rings. The van der Waals surface area contributed by atoms with Crippen molar-refractivity contribution >= 4 is 21.7 Å². The summed E-state index contributed by atoms with van der Waals surface area (Å²) >= 11 is 3.35. The number of aryl methyl sites for hydroxylation is 1. The first-order valence-corrected chi connectivity index (χ1v) is 6.28. The maximum absolute atomic E-state index is 12.0. The smallest absolute Gasteiger partial charge is 0.167 e. The molecule has 4 heteroatoms. The summed E-state index contributed by atoms with van der Waals surface area (Å²) in [5.41, 5.74) is 1.69. The van der Waals surface area contributed by atoms with Crippen molar-refractivity contribution in [3.8, 4) is 0 Å². The molecule has 0 aliphatic rings. The number of rotatable bonds is 4. The van der Waals surface area contributed by atoms with Crippen LogP contribution in [0, 0.1) is 0 Å². The van der Waals surface area contributed by atoms with Crippen molar-refractivity contribution < 1.29 is 4.79 Å². The molecule has 0 N–H and O–H groups in total. The van der Waals surface area contributed by atoms with E-state index in [1.54, 1.807) is 6.20 Å². The van der Waals surface area contributed by atoms with Crippen molar-refractivity contribution in [2.45, 2.75) is 19.9 Å². The van der Waals surface area contributed by atoms with Gasteiger partial charge in [0, 0.05) is 29.2 Å². The van der Waals surface area contributed by atoms with Crippen LogP contribution in [0.4, 0.5) is 0 Å². The average molecular weight is 293 g/mol. The number of aromatic nitrogens is 2. The maximum atomic E-state index is 12.0. The number of ketones is 1. The van der Waals surface area contributed by atoms with Gasteiger partial charge in [-0.3, -0.25) is 9.48 Å². The van der Waals surface area contributed by atoms with Gasteiger partial charge in [-0.1, -0.05) is 28.1 Å². The number of benzene rings is 1. The second kappa shape index (κ2) is 5.27. The Bertz CT molecular complexity index is 516. The Morgan fingerprint density at radius 1 is 1.35 bits per heavy atom. The highest BCUT2D eigenvalue weighted by atomic mass is 79.9. The van der Waals surface area contributed by atoms with Gasteiger partial charge in [0.05, 0.1) is 6.20 Å². The lowest BCUT2D eigenvalue weighted by Gasteiger charge is -1.99. The summed E-state index contributed by atoms with van der Waals surface area (Å²) in [6, 6.07) is 7.42. The standard InChI is InChI=1S/C13H13BrN2O/c1-2-16-9-10(8-15-16)7-13(17)11-3-5-12(14)6-4-11/h3-6,8-9H,2,7H2,1H3. The van der Waals surface area contributed by atoms with Crippen LogP contribution < -0.4 is 0 Å². The van der Waals surface area contributed by atoms with E-state index in [9.17, 15) is 4.79 Å². The number of halogens is 1. The van der Waals surface area contributed by atoms with Gasteiger partial charge in [0.1, 0.15) is 0 Å². The third-order valence-electron chi connectivity index (χ3n) is 2.54. The van der Waals surface area contributed by atoms with Gasteiger partial charge in [0.25, 0.3) is 0 Å². The first-order chi connectivity index (χ1) is 8.19. The normalized spacial score (nSPS) is 10.5. The molecule has 0 fully saturated rings. The van der Waals surface area contributed by atoms with E-state index in [1.807, 2.05) is 42.1 Å². The molecule has 0 atom stereocenters. The van der Waals surface area contributed by atoms with Gasteiger partial charge in [-0.25, -0.2) is 0 Å². The second-order valence-electron chi connectivity index (χ2n) is 3.81. The molecule has 1 aromatic carbocycles. The van der Waals surface area contributed by atoms with Crippen molar-refractivity contribution in [3.63, 3.8) is 0 Å². The number of Topliss-reactive ketones (excluding diaryl/α,β-unsaturated/α-hetero) is 1. The molecule has 88 valence electrons. The van der Waals surface area contributed by atoms with Crippen molar-refractivity contribution in [1.82, 2.24) is 9.78 Å². The molecule has 0 aliphatic carbocycles. The van der Waals surface area contributed by atoms with Gasteiger partial charge >= 0.3 is 0 Å². The summed E-state index contributed by atoms with van der Waals surface area (Å²) in [6.45, 7) is 2.85. The van der Waals surface area contributed by atoms with E-state index in [0.717, 1.165) is 22.1 Å². The Hall–Kier alpha value is -1.42. The van der Waals surface area contributed by atoms with E-state index < -0.39 is 0 Å². The van der Waals surface area contributed by atoms with Crippen molar-refractivity contribution in [2.24, 2.45) is 0 Å². The molecule has 2 rings (SSSR count). The zero-order valence-electron chi connectivity index (χ0n) is 9.56. The Morgan fingerprint density at radius 2 is 2.06 bits per heavy atom. The lowest BCUT2D eigenvalue weighted by molar-refractivity contribution is 0.0993. The van der Waals surface area contributed by atoms with Gasteiger partial charge in [-0.15, -0.1) is 0 Å². The fourth-order valence-electron chi connectivity index (χ4n) is 1.59. The van der Waals surface area contributed by atoms with Crippen molar-refractivity contribution in [2.75, 3.05) is 0 Å². The van der Waals surface area contributed by atoms with Gasteiger partial charge in [-0.2, -0.15) is 5.10 Å². The van der Waals surface area contributed by atoms with Crippen LogP contribution in [0.2, 0.25) is 0 Å². The summed E-state index contributed by atoms with van der Waals surface area (Å²) in [6.07, 6.45) is 4.07. The minimum atomic E-state index is 0.119. The summed E-state index contributed by atoms with van der Waals surface area (Å²) in [4.78, 5) is 12.0. The fraction of sp³-hybridized carbons (Fsp3) is 0.231. The van der Waals surface area contributed by atoms with Gasteiger partial charge in [0.2, 0.25) is 0 Å². The third-order valence-corrected chi connectivity index (χ3v) is 3.07. The molecule has 0 unspecified atom stereocenters. The van der Waals surface area contributed by atoms with Crippen LogP contribution in [0.25, 0.3) is 0 Å². The Kier molecular flexibility index (Phi) is 3.74. The van der Waals surface area contributed by atoms with Crippen LogP contribution in [0.1, 0.15) is 22.8 Å². The Morgan fingerprint density at radius 3 is 2.65 bits per heavy atom. The Balaban J connectivity index is 2.08. The number of hydrogen-bond donors (Lipinski definition) is 0. The summed E-state index contributed by atoms with van der Waals surface area (Å²) in [7, 11) is 0. The van der Waals surface area contributed by atoms with Crippen LogP contribution in [0.15, 0.2) is 41.1 Å². The summed E-state index contributed by atoms with van der Waals surface area (Å²) in [5, 5.41) is 4.15. The quantitative estimate of drug-likeness (QED) is 0.812. The van der Waals surface area contributed by atoms with Crippen LogP contribution in [-0.2, 0) is 13.0 Å². The highest BCUT2D eigenvalue weighted by Gasteiger charge is 2.08. The topological polar surface area (TPSA) is 34.9 Å². The van der Waals surface area contributed by atoms with Gasteiger partial charge in [-0.05, 0) is 24.6 Å². The molecule has 17 heavy (non-hydrogen) atoms. The largest absolute Gasteiger partial charge is 0.294 e. The van der Waals surface area contributed by atoms with Crippen molar-refractivity contribution in [3.05, 3.63) is 52.3 Å². The molecule has 0 radical (unpaired) electrons. The number of carbonyl (C=O) groups excluding carboxylic acids is 1. The maximum Gasteiger partial charge on any atom is 0.167 e. The molecule has 0 aliphatic heterocycles. The number of carbonyl (C=O) groups is 1. The molecule has 0 amide bonds. The minimum absolute atomic E-state index is 0.119. The van der Waals surface area contributed by atoms with Crippen LogP contribution >= 0.6 is 15.9 Å². The zero-order chi connectivity index (χ0) is 12.3. The highest BCUT2D eigenvalue weighted by molar-refractivity contribution is 9.10. The third kappa shape index (κ3) is 3.03. The van der Waals surface area contributed by atoms with Crippen LogP contribution in [0.3, 0.4) is 0 Å². The first-order valence-electron chi connectivity index (χ1n) is 5.49. The molecule has 1 aromatic heterocycles. The monoisotopic (exact) mass is 292 g/mol. The number of nitrogens with zero attached hydrogens (tertiary/aromatic N) is 2. The SMILES string of the molecule is CCn1cc(CC(=O)c2ccc(Br)cc2)cn1. The predicted molar refractivity (Wildman–Crippen MR) is 70.1 cm³/mol. The molecule has 0 bridgehead atoms. The van der Waals surface area contributed by atoms with E-state index in [2.05, 4.69) is 21.0 Å². The molecule has 3 nitrogen and oxygen atoms in total. The Labute approximate surface area is 109 Å². The van der Waals surface area contributed by atoms with E-state index in [-0.39, 0.29) is 5.78 Å². The van der Waals surface area contributed by atoms with Gasteiger partial charge in [0.15, 0.2) is 5.78 Å². The van der Waals surface area contributed by atoms with E-state index >= 15 is 0 Å². The predicted octanol–water partition coefficient (Wildman–Crippen LogP) is 3.09. The van der Waals surface area contributed by atoms with Crippen LogP contribution in [-0.4, -0.2) is 15.6 Å².